The Bertz CT molecular complexity index is 409. The van der Waals surface area contributed by atoms with Crippen LogP contribution in [-0.4, -0.2) is 30.1 Å². The summed E-state index contributed by atoms with van der Waals surface area (Å²) in [6, 6.07) is 6.61. The summed E-state index contributed by atoms with van der Waals surface area (Å²) in [5, 5.41) is 0. The number of hydrogen-bond acceptors (Lipinski definition) is 3. The average molecular weight is 262 g/mol. The zero-order chi connectivity index (χ0) is 13.8. The van der Waals surface area contributed by atoms with E-state index < -0.39 is 0 Å². The first-order valence-electron chi connectivity index (χ1n) is 7.39. The van der Waals surface area contributed by atoms with Gasteiger partial charge in [0.25, 0.3) is 0 Å². The largest absolute Gasteiger partial charge is 0.490 e. The molecule has 0 atom stereocenters. The summed E-state index contributed by atoms with van der Waals surface area (Å²) in [4.78, 5) is 2.52. The molecular weight excluding hydrogens is 236 g/mol. The standard InChI is InChI=1S/C16H26N2O/c1-4-13-11-14(17)5-6-16(13)19-15-7-9-18(10-8-15)12(2)3/h5-6,11-12,15H,4,7-10,17H2,1-3H3. The highest BCUT2D eigenvalue weighted by atomic mass is 16.5. The molecule has 0 radical (unpaired) electrons. The second kappa shape index (κ2) is 6.29. The Morgan fingerprint density at radius 2 is 2.00 bits per heavy atom. The van der Waals surface area contributed by atoms with E-state index in [2.05, 4.69) is 25.7 Å². The lowest BCUT2D eigenvalue weighted by molar-refractivity contribution is 0.0837. The van der Waals surface area contributed by atoms with E-state index in [0.717, 1.165) is 43.8 Å². The van der Waals surface area contributed by atoms with Gasteiger partial charge >= 0.3 is 0 Å². The number of rotatable bonds is 4. The van der Waals surface area contributed by atoms with Crippen LogP contribution in [0.15, 0.2) is 18.2 Å². The fraction of sp³-hybridized carbons (Fsp3) is 0.625. The molecule has 19 heavy (non-hydrogen) atoms. The minimum absolute atomic E-state index is 0.351. The van der Waals surface area contributed by atoms with Gasteiger partial charge in [0.05, 0.1) is 0 Å². The van der Waals surface area contributed by atoms with Crippen LogP contribution in [0.1, 0.15) is 39.2 Å². The molecule has 0 bridgehead atoms. The van der Waals surface area contributed by atoms with Crippen molar-refractivity contribution >= 4 is 5.69 Å². The van der Waals surface area contributed by atoms with Gasteiger partial charge in [0.2, 0.25) is 0 Å². The van der Waals surface area contributed by atoms with Gasteiger partial charge in [-0.2, -0.15) is 0 Å². The van der Waals surface area contributed by atoms with E-state index in [9.17, 15) is 0 Å². The number of aryl methyl sites for hydroxylation is 1. The third-order valence-electron chi connectivity index (χ3n) is 3.97. The maximum Gasteiger partial charge on any atom is 0.123 e. The van der Waals surface area contributed by atoms with E-state index >= 15 is 0 Å². The summed E-state index contributed by atoms with van der Waals surface area (Å²) in [6.07, 6.45) is 3.55. The summed E-state index contributed by atoms with van der Waals surface area (Å²) < 4.78 is 6.18. The van der Waals surface area contributed by atoms with Crippen molar-refractivity contribution < 1.29 is 4.74 Å². The van der Waals surface area contributed by atoms with Crippen molar-refractivity contribution in [1.82, 2.24) is 4.90 Å². The Morgan fingerprint density at radius 3 is 2.58 bits per heavy atom. The van der Waals surface area contributed by atoms with Crippen molar-refractivity contribution in [2.75, 3.05) is 18.8 Å². The van der Waals surface area contributed by atoms with E-state index in [1.54, 1.807) is 0 Å². The topological polar surface area (TPSA) is 38.5 Å². The lowest BCUT2D eigenvalue weighted by Crippen LogP contribution is -2.41. The summed E-state index contributed by atoms with van der Waals surface area (Å²) in [6.45, 7) is 8.94. The summed E-state index contributed by atoms with van der Waals surface area (Å²) in [7, 11) is 0. The first-order valence-corrected chi connectivity index (χ1v) is 7.39. The second-order valence-corrected chi connectivity index (χ2v) is 5.67. The second-order valence-electron chi connectivity index (χ2n) is 5.67. The quantitative estimate of drug-likeness (QED) is 0.847. The highest BCUT2D eigenvalue weighted by Crippen LogP contribution is 2.26. The molecule has 0 saturated carbocycles. The first-order chi connectivity index (χ1) is 9.10. The van der Waals surface area contributed by atoms with Crippen molar-refractivity contribution in [3.63, 3.8) is 0 Å². The van der Waals surface area contributed by atoms with Crippen molar-refractivity contribution in [2.24, 2.45) is 0 Å². The van der Waals surface area contributed by atoms with Crippen molar-refractivity contribution in [3.05, 3.63) is 23.8 Å². The molecule has 0 amide bonds. The Hall–Kier alpha value is -1.22. The van der Waals surface area contributed by atoms with Crippen LogP contribution in [0.5, 0.6) is 5.75 Å². The molecule has 1 fully saturated rings. The number of piperidine rings is 1. The molecule has 3 nitrogen and oxygen atoms in total. The van der Waals surface area contributed by atoms with Gasteiger partial charge in [-0.15, -0.1) is 0 Å². The van der Waals surface area contributed by atoms with Crippen LogP contribution in [0.25, 0.3) is 0 Å². The third kappa shape index (κ3) is 3.63. The summed E-state index contributed by atoms with van der Waals surface area (Å²) in [5.74, 6) is 1.01. The SMILES string of the molecule is CCc1cc(N)ccc1OC1CCN(C(C)C)CC1. The fourth-order valence-electron chi connectivity index (χ4n) is 2.68. The van der Waals surface area contributed by atoms with E-state index in [0.29, 0.717) is 12.1 Å². The fourth-order valence-corrected chi connectivity index (χ4v) is 2.68. The van der Waals surface area contributed by atoms with Crippen LogP contribution in [0.4, 0.5) is 5.69 Å². The van der Waals surface area contributed by atoms with Crippen LogP contribution >= 0.6 is 0 Å². The smallest absolute Gasteiger partial charge is 0.123 e. The molecule has 1 heterocycles. The minimum Gasteiger partial charge on any atom is -0.490 e. The summed E-state index contributed by atoms with van der Waals surface area (Å²) >= 11 is 0. The number of nitrogens with two attached hydrogens (primary N) is 1. The number of nitrogens with zero attached hydrogens (tertiary/aromatic N) is 1. The molecule has 1 saturated heterocycles. The van der Waals surface area contributed by atoms with Gasteiger partial charge in [0, 0.05) is 24.8 Å². The van der Waals surface area contributed by atoms with E-state index in [1.807, 2.05) is 18.2 Å². The lowest BCUT2D eigenvalue weighted by Gasteiger charge is -2.34. The predicted octanol–water partition coefficient (Wildman–Crippen LogP) is 3.08. The molecule has 106 valence electrons. The molecule has 2 N–H and O–H groups in total. The van der Waals surface area contributed by atoms with Crippen molar-refractivity contribution in [2.45, 2.75) is 52.2 Å². The third-order valence-corrected chi connectivity index (χ3v) is 3.97. The van der Waals surface area contributed by atoms with Gasteiger partial charge in [0.1, 0.15) is 11.9 Å². The molecule has 1 aromatic rings. The maximum atomic E-state index is 6.18. The van der Waals surface area contributed by atoms with Crippen LogP contribution in [0.3, 0.4) is 0 Å². The van der Waals surface area contributed by atoms with E-state index in [-0.39, 0.29) is 0 Å². The molecule has 0 spiro atoms. The lowest BCUT2D eigenvalue weighted by atomic mass is 10.1. The zero-order valence-corrected chi connectivity index (χ0v) is 12.4. The van der Waals surface area contributed by atoms with Crippen LogP contribution in [0, 0.1) is 0 Å². The van der Waals surface area contributed by atoms with Gasteiger partial charge in [-0.3, -0.25) is 0 Å². The molecular formula is C16H26N2O. The van der Waals surface area contributed by atoms with Crippen molar-refractivity contribution in [3.8, 4) is 5.75 Å². The molecule has 2 rings (SSSR count). The Labute approximate surface area is 116 Å². The molecule has 1 aromatic carbocycles. The van der Waals surface area contributed by atoms with Gasteiger partial charge < -0.3 is 15.4 Å². The molecule has 1 aliphatic rings. The Morgan fingerprint density at radius 1 is 1.32 bits per heavy atom. The number of ether oxygens (including phenoxy) is 1. The van der Waals surface area contributed by atoms with E-state index in [1.165, 1.54) is 5.56 Å². The van der Waals surface area contributed by atoms with Gasteiger partial charge in [0.15, 0.2) is 0 Å². The number of nitrogen functional groups attached to an aromatic ring is 1. The van der Waals surface area contributed by atoms with Crippen molar-refractivity contribution in [1.29, 1.82) is 0 Å². The molecule has 3 heteroatoms. The average Bonchev–Trinajstić information content (AvgIpc) is 2.41. The number of likely N-dealkylation sites (tertiary alicyclic amines) is 1. The van der Waals surface area contributed by atoms with E-state index in [4.69, 9.17) is 10.5 Å². The highest BCUT2D eigenvalue weighted by molar-refractivity contribution is 5.47. The molecule has 0 aliphatic carbocycles. The zero-order valence-electron chi connectivity index (χ0n) is 12.4. The van der Waals surface area contributed by atoms with Crippen LogP contribution in [-0.2, 0) is 6.42 Å². The minimum atomic E-state index is 0.351. The molecule has 0 unspecified atom stereocenters. The van der Waals surface area contributed by atoms with Crippen LogP contribution in [0.2, 0.25) is 0 Å². The first kappa shape index (κ1) is 14.2. The number of hydrogen-bond donors (Lipinski definition) is 1. The van der Waals surface area contributed by atoms with Gasteiger partial charge in [-0.05, 0) is 56.9 Å². The van der Waals surface area contributed by atoms with Crippen LogP contribution < -0.4 is 10.5 Å². The normalized spacial score (nSPS) is 17.9. The highest BCUT2D eigenvalue weighted by Gasteiger charge is 2.22. The summed E-state index contributed by atoms with van der Waals surface area (Å²) in [5.41, 5.74) is 7.86. The van der Waals surface area contributed by atoms with Gasteiger partial charge in [-0.25, -0.2) is 0 Å². The Balaban J connectivity index is 1.95. The molecule has 0 aromatic heterocycles. The maximum absolute atomic E-state index is 6.18. The number of benzene rings is 1. The molecule has 1 aliphatic heterocycles. The predicted molar refractivity (Wildman–Crippen MR) is 80.6 cm³/mol. The number of anilines is 1. The Kier molecular flexibility index (Phi) is 4.70. The van der Waals surface area contributed by atoms with Gasteiger partial charge in [-0.1, -0.05) is 6.92 Å². The monoisotopic (exact) mass is 262 g/mol.